The van der Waals surface area contributed by atoms with E-state index in [4.69, 9.17) is 0 Å². The molecular weight excluding hydrogens is 668 g/mol. The second-order valence-corrected chi connectivity index (χ2v) is 11.2. The highest BCUT2D eigenvalue weighted by Crippen LogP contribution is 2.26. The van der Waals surface area contributed by atoms with Crippen LogP contribution >= 0.6 is 62.0 Å². The molecule has 5 rings (SSSR count). The van der Waals surface area contributed by atoms with Gasteiger partial charge in [0.1, 0.15) is 11.5 Å². The van der Waals surface area contributed by atoms with E-state index in [-0.39, 0.29) is 67.8 Å². The summed E-state index contributed by atoms with van der Waals surface area (Å²) in [6.45, 7) is 10.4. The predicted octanol–water partition coefficient (Wildman–Crippen LogP) is 4.34. The molecule has 3 N–H and O–H groups in total. The number of rotatable bonds is 6. The van der Waals surface area contributed by atoms with E-state index in [1.165, 1.54) is 0 Å². The lowest BCUT2D eigenvalue weighted by Gasteiger charge is -2.32. The van der Waals surface area contributed by atoms with E-state index in [9.17, 15) is 15.0 Å². The van der Waals surface area contributed by atoms with E-state index in [1.54, 1.807) is 12.1 Å². The van der Waals surface area contributed by atoms with E-state index >= 15 is 0 Å². The average molecular weight is 714 g/mol. The molecule has 3 heterocycles. The fourth-order valence-corrected chi connectivity index (χ4v) is 5.47. The van der Waals surface area contributed by atoms with Gasteiger partial charge in [-0.3, -0.25) is 14.6 Å². The maximum absolute atomic E-state index is 13.4. The zero-order chi connectivity index (χ0) is 27.4. The van der Waals surface area contributed by atoms with Crippen molar-refractivity contribution in [2.24, 2.45) is 0 Å². The lowest BCUT2D eigenvalue weighted by atomic mass is 9.94. The highest BCUT2D eigenvalue weighted by atomic mass is 35.5. The first kappa shape index (κ1) is 42.4. The van der Waals surface area contributed by atoms with Gasteiger partial charge in [-0.2, -0.15) is 0 Å². The number of piperazine rings is 2. The number of benzene rings is 2. The summed E-state index contributed by atoms with van der Waals surface area (Å²) in [5.74, 6) is 0.630. The molecule has 0 radical (unpaired) electrons. The summed E-state index contributed by atoms with van der Waals surface area (Å²) < 4.78 is 0. The molecule has 0 spiro atoms. The topological polar surface area (TPSA) is 82.5 Å². The predicted molar refractivity (Wildman–Crippen MR) is 192 cm³/mol. The van der Waals surface area contributed by atoms with Crippen LogP contribution < -0.4 is 5.32 Å². The largest absolute Gasteiger partial charge is 0.508 e. The number of halogens is 5. The van der Waals surface area contributed by atoms with Crippen molar-refractivity contribution >= 4 is 80.0 Å². The van der Waals surface area contributed by atoms with E-state index in [0.29, 0.717) is 48.8 Å². The van der Waals surface area contributed by atoms with Crippen molar-refractivity contribution in [2.45, 2.75) is 13.1 Å². The SMILES string of the molecule is CN1CCN(Cc2cc(/C=C3\CNC/C(=C\c4ccc(O)c(CN5CCN(C)CC5)c4)C3=O)ccc2O)CC1.Cl.Cl.Cl.Cl.Cl. The van der Waals surface area contributed by atoms with Crippen molar-refractivity contribution < 1.29 is 15.0 Å². The highest BCUT2D eigenvalue weighted by Gasteiger charge is 2.21. The Kier molecular flexibility index (Phi) is 19.1. The van der Waals surface area contributed by atoms with Gasteiger partial charge in [0.05, 0.1) is 0 Å². The lowest BCUT2D eigenvalue weighted by molar-refractivity contribution is -0.112. The minimum absolute atomic E-state index is 0. The number of nitrogens with zero attached hydrogens (tertiary/aromatic N) is 4. The zero-order valence-corrected chi connectivity index (χ0v) is 29.3. The second kappa shape index (κ2) is 19.8. The number of ketones is 1. The minimum Gasteiger partial charge on any atom is -0.508 e. The number of carbonyl (C=O) groups excluding carboxylic acids is 1. The third-order valence-corrected chi connectivity index (χ3v) is 8.08. The number of hydrogen-bond donors (Lipinski definition) is 3. The fourth-order valence-electron chi connectivity index (χ4n) is 5.47. The summed E-state index contributed by atoms with van der Waals surface area (Å²) in [6.07, 6.45) is 3.87. The standard InChI is InChI=1S/C31H41N5O3.5ClH/c1-33-7-11-35(12-8-33)21-27-17-23(3-5-29(27)37)15-25-19-32-20-26(31(25)39)16-24-4-6-30(38)28(18-24)22-36-13-9-34(2)10-14-36;;;;;/h3-6,15-18,32,37-38H,7-14,19-22H2,1-2H3;5*1H/b25-15+,26-16+;;;;;. The third-order valence-electron chi connectivity index (χ3n) is 8.08. The van der Waals surface area contributed by atoms with Gasteiger partial charge in [0.25, 0.3) is 0 Å². The molecular formula is C31H46Cl5N5O3. The number of nitrogens with one attached hydrogen (secondary N) is 1. The maximum Gasteiger partial charge on any atom is 0.187 e. The van der Waals surface area contributed by atoms with E-state index in [1.807, 2.05) is 36.4 Å². The summed E-state index contributed by atoms with van der Waals surface area (Å²) in [6, 6.07) is 11.2. The molecule has 8 nitrogen and oxygen atoms in total. The Morgan fingerprint density at radius 2 is 1.00 bits per heavy atom. The van der Waals surface area contributed by atoms with Gasteiger partial charge in [-0.25, -0.2) is 0 Å². The Balaban J connectivity index is 0.00000370. The molecule has 13 heteroatoms. The molecule has 3 fully saturated rings. The average Bonchev–Trinajstić information content (AvgIpc) is 2.93. The van der Waals surface area contributed by atoms with Gasteiger partial charge in [0.15, 0.2) is 5.78 Å². The van der Waals surface area contributed by atoms with Gasteiger partial charge in [0.2, 0.25) is 0 Å². The Labute approximate surface area is 292 Å². The highest BCUT2D eigenvalue weighted by molar-refractivity contribution is 6.14. The number of hydrogen-bond acceptors (Lipinski definition) is 8. The Bertz CT molecular complexity index is 1170. The molecule has 0 amide bonds. The molecule has 2 aromatic carbocycles. The molecule has 0 aromatic heterocycles. The monoisotopic (exact) mass is 711 g/mol. The van der Waals surface area contributed by atoms with Gasteiger partial charge >= 0.3 is 0 Å². The first-order valence-corrected chi connectivity index (χ1v) is 14.0. The number of carbonyl (C=O) groups is 1. The molecule has 0 aliphatic carbocycles. The number of phenols is 2. The molecule has 0 bridgehead atoms. The van der Waals surface area contributed by atoms with Gasteiger partial charge < -0.3 is 25.3 Å². The molecule has 0 atom stereocenters. The smallest absolute Gasteiger partial charge is 0.187 e. The quantitative estimate of drug-likeness (QED) is 0.382. The summed E-state index contributed by atoms with van der Waals surface area (Å²) >= 11 is 0. The van der Waals surface area contributed by atoms with Crippen molar-refractivity contribution in [1.29, 1.82) is 0 Å². The van der Waals surface area contributed by atoms with Crippen LogP contribution in [0.1, 0.15) is 22.3 Å². The van der Waals surface area contributed by atoms with Crippen LogP contribution in [0, 0.1) is 0 Å². The summed E-state index contributed by atoms with van der Waals surface area (Å²) in [5.41, 5.74) is 5.03. The molecule has 3 aliphatic heterocycles. The normalized spacial score (nSPS) is 20.1. The van der Waals surface area contributed by atoms with Crippen LogP contribution in [-0.4, -0.2) is 115 Å². The molecule has 3 saturated heterocycles. The van der Waals surface area contributed by atoms with E-state index in [0.717, 1.165) is 74.6 Å². The van der Waals surface area contributed by atoms with E-state index < -0.39 is 0 Å². The first-order valence-electron chi connectivity index (χ1n) is 14.0. The van der Waals surface area contributed by atoms with Crippen molar-refractivity contribution in [3.63, 3.8) is 0 Å². The Hall–Kier alpha value is -1.56. The summed E-state index contributed by atoms with van der Waals surface area (Å²) in [4.78, 5) is 22.8. The van der Waals surface area contributed by atoms with Crippen LogP contribution in [0.4, 0.5) is 0 Å². The van der Waals surface area contributed by atoms with E-state index in [2.05, 4.69) is 39.0 Å². The lowest BCUT2D eigenvalue weighted by Crippen LogP contribution is -2.43. The first-order chi connectivity index (χ1) is 18.8. The van der Waals surface area contributed by atoms with Crippen LogP contribution in [0.2, 0.25) is 0 Å². The molecule has 2 aromatic rings. The number of phenolic OH excluding ortho intramolecular Hbond substituents is 2. The van der Waals surface area contributed by atoms with Gasteiger partial charge in [-0.15, -0.1) is 62.0 Å². The molecule has 44 heavy (non-hydrogen) atoms. The maximum atomic E-state index is 13.4. The van der Waals surface area contributed by atoms with Crippen LogP contribution in [0.5, 0.6) is 11.5 Å². The number of likely N-dealkylation sites (N-methyl/N-ethyl adjacent to an activating group) is 2. The summed E-state index contributed by atoms with van der Waals surface area (Å²) in [7, 11) is 4.27. The Morgan fingerprint density at radius 3 is 1.36 bits per heavy atom. The number of aromatic hydroxyl groups is 2. The van der Waals surface area contributed by atoms with Gasteiger partial charge in [0, 0.05) is 101 Å². The third kappa shape index (κ3) is 11.4. The van der Waals surface area contributed by atoms with Crippen molar-refractivity contribution in [3.05, 3.63) is 69.8 Å². The van der Waals surface area contributed by atoms with Gasteiger partial charge in [-0.05, 0) is 61.6 Å². The minimum atomic E-state index is 0. The van der Waals surface area contributed by atoms with Crippen molar-refractivity contribution in [3.8, 4) is 11.5 Å². The molecule has 3 aliphatic rings. The fraction of sp³-hybridized carbons (Fsp3) is 0.452. The van der Waals surface area contributed by atoms with Crippen LogP contribution in [0.3, 0.4) is 0 Å². The van der Waals surface area contributed by atoms with Crippen molar-refractivity contribution in [1.82, 2.24) is 24.9 Å². The zero-order valence-electron chi connectivity index (χ0n) is 25.2. The number of Topliss-reactive ketones (excluding diaryl/α,β-unsaturated/α-hetero) is 1. The van der Waals surface area contributed by atoms with Crippen LogP contribution in [0.15, 0.2) is 47.5 Å². The van der Waals surface area contributed by atoms with Gasteiger partial charge in [-0.1, -0.05) is 12.1 Å². The molecule has 0 saturated carbocycles. The number of piperidine rings is 1. The Morgan fingerprint density at radius 1 is 0.636 bits per heavy atom. The molecule has 248 valence electrons. The molecule has 0 unspecified atom stereocenters. The van der Waals surface area contributed by atoms with Crippen LogP contribution in [0.25, 0.3) is 12.2 Å². The van der Waals surface area contributed by atoms with Crippen LogP contribution in [-0.2, 0) is 17.9 Å². The van der Waals surface area contributed by atoms with Crippen molar-refractivity contribution in [2.75, 3.05) is 79.5 Å². The summed E-state index contributed by atoms with van der Waals surface area (Å²) in [5, 5.41) is 24.3. The second-order valence-electron chi connectivity index (χ2n) is 11.2.